The summed E-state index contributed by atoms with van der Waals surface area (Å²) in [7, 11) is 2.07. The Kier molecular flexibility index (Phi) is 7.48. The highest BCUT2D eigenvalue weighted by Gasteiger charge is 2.39. The number of aliphatic hydroxyl groups is 1. The lowest BCUT2D eigenvalue weighted by atomic mass is 9.80. The monoisotopic (exact) mass is 388 g/mol. The first-order chi connectivity index (χ1) is 13.6. The van der Waals surface area contributed by atoms with Crippen molar-refractivity contribution in [3.8, 4) is 0 Å². The molecule has 6 nitrogen and oxygen atoms in total. The molecule has 0 unspecified atom stereocenters. The molecule has 1 saturated heterocycles. The van der Waals surface area contributed by atoms with Crippen molar-refractivity contribution in [1.82, 2.24) is 9.80 Å². The van der Waals surface area contributed by atoms with E-state index in [4.69, 9.17) is 9.47 Å². The van der Waals surface area contributed by atoms with Crippen molar-refractivity contribution < 1.29 is 19.4 Å². The van der Waals surface area contributed by atoms with Gasteiger partial charge in [-0.3, -0.25) is 4.79 Å². The predicted octanol–water partition coefficient (Wildman–Crippen LogP) is 2.21. The minimum atomic E-state index is -0.488. The molecule has 2 aliphatic heterocycles. The van der Waals surface area contributed by atoms with Crippen LogP contribution in [-0.2, 0) is 14.3 Å². The number of ether oxygens (including phenoxy) is 2. The highest BCUT2D eigenvalue weighted by Crippen LogP contribution is 2.39. The minimum absolute atomic E-state index is 0.0180. The quantitative estimate of drug-likeness (QED) is 0.776. The summed E-state index contributed by atoms with van der Waals surface area (Å²) in [5.74, 6) is 0.402. The second-order valence-corrected chi connectivity index (χ2v) is 7.53. The zero-order valence-electron chi connectivity index (χ0n) is 16.9. The first kappa shape index (κ1) is 20.8. The van der Waals surface area contributed by atoms with Crippen LogP contribution in [0.2, 0.25) is 0 Å². The van der Waals surface area contributed by atoms with Gasteiger partial charge in [-0.2, -0.15) is 0 Å². The van der Waals surface area contributed by atoms with E-state index in [1.807, 2.05) is 36.1 Å². The molecule has 1 N–H and O–H groups in total. The van der Waals surface area contributed by atoms with Gasteiger partial charge in [0.05, 0.1) is 0 Å². The average molecular weight is 389 g/mol. The van der Waals surface area contributed by atoms with Gasteiger partial charge < -0.3 is 24.4 Å². The third-order valence-electron chi connectivity index (χ3n) is 5.60. The van der Waals surface area contributed by atoms with Gasteiger partial charge in [0.15, 0.2) is 5.76 Å². The number of aliphatic hydroxyl groups excluding tert-OH is 1. The Labute approximate surface area is 167 Å². The molecule has 2 aliphatic rings. The summed E-state index contributed by atoms with van der Waals surface area (Å²) in [4.78, 5) is 17.2. The third kappa shape index (κ3) is 4.93. The molecule has 1 fully saturated rings. The van der Waals surface area contributed by atoms with Gasteiger partial charge >= 0.3 is 0 Å². The van der Waals surface area contributed by atoms with E-state index in [9.17, 15) is 9.90 Å². The van der Waals surface area contributed by atoms with Crippen LogP contribution in [0.3, 0.4) is 0 Å². The Morgan fingerprint density at radius 1 is 1.21 bits per heavy atom. The Hall–Kier alpha value is -1.89. The highest BCUT2D eigenvalue weighted by atomic mass is 16.7. The van der Waals surface area contributed by atoms with Crippen molar-refractivity contribution in [2.75, 3.05) is 46.4 Å². The molecule has 3 rings (SSSR count). The Balaban J connectivity index is 1.88. The van der Waals surface area contributed by atoms with Crippen LogP contribution in [-0.4, -0.2) is 73.5 Å². The van der Waals surface area contributed by atoms with Gasteiger partial charge in [-0.05, 0) is 38.5 Å². The standard InChI is InChI=1S/C22H32N2O4/c1-3-27-22-18(10-7-15-25)19(17-8-5-4-6-9-17)16-20(28-22)21(26)24-13-11-23(2)12-14-24/h4-6,8-9,16,18-19,22,25H,3,7,10-15H2,1-2H3/t18-,19+,22+/m1/s1. The third-order valence-corrected chi connectivity index (χ3v) is 5.60. The largest absolute Gasteiger partial charge is 0.459 e. The lowest BCUT2D eigenvalue weighted by molar-refractivity contribution is -0.170. The molecule has 3 atom stereocenters. The van der Waals surface area contributed by atoms with E-state index >= 15 is 0 Å². The van der Waals surface area contributed by atoms with Gasteiger partial charge in [0, 0.05) is 51.2 Å². The first-order valence-corrected chi connectivity index (χ1v) is 10.3. The molecule has 6 heteroatoms. The molecule has 0 aliphatic carbocycles. The average Bonchev–Trinajstić information content (AvgIpc) is 2.73. The maximum atomic E-state index is 13.1. The van der Waals surface area contributed by atoms with Gasteiger partial charge in [-0.1, -0.05) is 30.3 Å². The second kappa shape index (κ2) is 10.0. The lowest BCUT2D eigenvalue weighted by Gasteiger charge is -2.39. The second-order valence-electron chi connectivity index (χ2n) is 7.53. The van der Waals surface area contributed by atoms with Gasteiger partial charge in [-0.25, -0.2) is 0 Å². The molecule has 154 valence electrons. The van der Waals surface area contributed by atoms with Crippen molar-refractivity contribution in [2.45, 2.75) is 32.0 Å². The maximum absolute atomic E-state index is 13.1. The van der Waals surface area contributed by atoms with Gasteiger partial charge in [0.2, 0.25) is 6.29 Å². The number of nitrogens with zero attached hydrogens (tertiary/aromatic N) is 2. The van der Waals surface area contributed by atoms with Crippen LogP contribution in [0.15, 0.2) is 42.2 Å². The number of allylic oxidation sites excluding steroid dienone is 1. The number of hydrogen-bond donors (Lipinski definition) is 1. The summed E-state index contributed by atoms with van der Waals surface area (Å²) < 4.78 is 12.0. The molecule has 1 aromatic rings. The van der Waals surface area contributed by atoms with Crippen molar-refractivity contribution in [2.24, 2.45) is 5.92 Å². The fourth-order valence-corrected chi connectivity index (χ4v) is 3.98. The molecule has 2 heterocycles. The van der Waals surface area contributed by atoms with Crippen LogP contribution in [0.1, 0.15) is 31.2 Å². The molecular weight excluding hydrogens is 356 g/mol. The van der Waals surface area contributed by atoms with E-state index in [2.05, 4.69) is 24.1 Å². The summed E-state index contributed by atoms with van der Waals surface area (Å²) in [6.07, 6.45) is 2.93. The summed E-state index contributed by atoms with van der Waals surface area (Å²) >= 11 is 0. The Morgan fingerprint density at radius 2 is 1.93 bits per heavy atom. The topological polar surface area (TPSA) is 62.2 Å². The Morgan fingerprint density at radius 3 is 2.57 bits per heavy atom. The number of piperazine rings is 1. The number of carbonyl (C=O) groups is 1. The van der Waals surface area contributed by atoms with Crippen molar-refractivity contribution in [1.29, 1.82) is 0 Å². The fourth-order valence-electron chi connectivity index (χ4n) is 3.98. The summed E-state index contributed by atoms with van der Waals surface area (Å²) in [6.45, 7) is 5.73. The van der Waals surface area contributed by atoms with Crippen LogP contribution in [0.4, 0.5) is 0 Å². The van der Waals surface area contributed by atoms with E-state index in [1.165, 1.54) is 0 Å². The van der Waals surface area contributed by atoms with Crippen LogP contribution >= 0.6 is 0 Å². The van der Waals surface area contributed by atoms with Gasteiger partial charge in [0.25, 0.3) is 5.91 Å². The summed E-state index contributed by atoms with van der Waals surface area (Å²) in [5, 5.41) is 9.34. The van der Waals surface area contributed by atoms with E-state index < -0.39 is 6.29 Å². The minimum Gasteiger partial charge on any atom is -0.459 e. The van der Waals surface area contributed by atoms with E-state index in [-0.39, 0.29) is 24.3 Å². The molecule has 0 saturated carbocycles. The van der Waals surface area contributed by atoms with E-state index in [0.717, 1.165) is 25.1 Å². The molecular formula is C22H32N2O4. The van der Waals surface area contributed by atoms with Crippen LogP contribution < -0.4 is 0 Å². The summed E-state index contributed by atoms with van der Waals surface area (Å²) in [5.41, 5.74) is 1.14. The molecule has 1 amide bonds. The number of carbonyl (C=O) groups excluding carboxylic acids is 1. The molecule has 0 bridgehead atoms. The lowest BCUT2D eigenvalue weighted by Crippen LogP contribution is -2.49. The highest BCUT2D eigenvalue weighted by molar-refractivity contribution is 5.92. The number of benzene rings is 1. The van der Waals surface area contributed by atoms with Crippen molar-refractivity contribution >= 4 is 5.91 Å². The fraction of sp³-hybridized carbons (Fsp3) is 0.591. The normalized spacial score (nSPS) is 25.9. The van der Waals surface area contributed by atoms with Crippen LogP contribution in [0.25, 0.3) is 0 Å². The van der Waals surface area contributed by atoms with Crippen molar-refractivity contribution in [3.05, 3.63) is 47.7 Å². The molecule has 28 heavy (non-hydrogen) atoms. The molecule has 0 radical (unpaired) electrons. The van der Waals surface area contributed by atoms with Crippen LogP contribution in [0, 0.1) is 5.92 Å². The molecule has 0 spiro atoms. The van der Waals surface area contributed by atoms with Crippen LogP contribution in [0.5, 0.6) is 0 Å². The van der Waals surface area contributed by atoms with Gasteiger partial charge in [-0.15, -0.1) is 0 Å². The molecule has 0 aromatic heterocycles. The zero-order chi connectivity index (χ0) is 19.9. The number of hydrogen-bond acceptors (Lipinski definition) is 5. The summed E-state index contributed by atoms with van der Waals surface area (Å²) in [6, 6.07) is 10.2. The predicted molar refractivity (Wildman–Crippen MR) is 108 cm³/mol. The van der Waals surface area contributed by atoms with E-state index in [1.54, 1.807) is 0 Å². The number of rotatable bonds is 7. The maximum Gasteiger partial charge on any atom is 0.288 e. The van der Waals surface area contributed by atoms with Gasteiger partial charge in [0.1, 0.15) is 0 Å². The SMILES string of the molecule is CCO[C@H]1OC(C(=O)N2CCN(C)CC2)=C[C@@H](c2ccccc2)[C@H]1CCCO. The zero-order valence-corrected chi connectivity index (χ0v) is 16.9. The molecule has 1 aromatic carbocycles. The van der Waals surface area contributed by atoms with E-state index in [0.29, 0.717) is 31.9 Å². The number of amides is 1. The smallest absolute Gasteiger partial charge is 0.288 e. The van der Waals surface area contributed by atoms with Crippen molar-refractivity contribution in [3.63, 3.8) is 0 Å². The first-order valence-electron chi connectivity index (χ1n) is 10.3. The Bertz CT molecular complexity index is 656. The number of likely N-dealkylation sites (N-methyl/N-ethyl adjacent to an activating group) is 1.